The summed E-state index contributed by atoms with van der Waals surface area (Å²) in [6.45, 7) is 5.83. The first-order chi connectivity index (χ1) is 10.1. The lowest BCUT2D eigenvalue weighted by Gasteiger charge is -2.29. The van der Waals surface area contributed by atoms with E-state index in [1.807, 2.05) is 19.2 Å². The van der Waals surface area contributed by atoms with Gasteiger partial charge in [0.1, 0.15) is 12.4 Å². The van der Waals surface area contributed by atoms with Crippen LogP contribution in [0.4, 0.5) is 5.69 Å². The summed E-state index contributed by atoms with van der Waals surface area (Å²) in [5, 5.41) is 3.30. The van der Waals surface area contributed by atoms with Gasteiger partial charge in [0.05, 0.1) is 29.6 Å². The first-order valence-electron chi connectivity index (χ1n) is 7.34. The summed E-state index contributed by atoms with van der Waals surface area (Å²) >= 11 is 0. The molecule has 0 aliphatic carbocycles. The molecule has 6 nitrogen and oxygen atoms in total. The number of anilines is 1. The Balaban J connectivity index is 1.89. The Bertz CT molecular complexity index is 542. The third kappa shape index (κ3) is 5.17. The highest BCUT2D eigenvalue weighted by Gasteiger charge is 2.12. The molecule has 0 aromatic carbocycles. The Labute approximate surface area is 126 Å². The zero-order valence-electron chi connectivity index (χ0n) is 12.4. The number of rotatable bonds is 7. The molecular formula is C14H23N3O3S. The molecule has 0 amide bonds. The van der Waals surface area contributed by atoms with Gasteiger partial charge in [0.25, 0.3) is 0 Å². The van der Waals surface area contributed by atoms with Crippen molar-refractivity contribution in [2.75, 3.05) is 49.2 Å². The molecule has 7 heteroatoms. The van der Waals surface area contributed by atoms with Gasteiger partial charge in [0.15, 0.2) is 9.84 Å². The number of hydrogen-bond acceptors (Lipinski definition) is 6. The Kier molecular flexibility index (Phi) is 5.81. The Morgan fingerprint density at radius 2 is 2.05 bits per heavy atom. The number of nitrogens with one attached hydrogen (secondary N) is 1. The second-order valence-electron chi connectivity index (χ2n) is 5.12. The first kappa shape index (κ1) is 16.0. The zero-order chi connectivity index (χ0) is 15.1. The van der Waals surface area contributed by atoms with E-state index in [0.29, 0.717) is 12.2 Å². The van der Waals surface area contributed by atoms with Crippen LogP contribution in [-0.4, -0.2) is 57.7 Å². The van der Waals surface area contributed by atoms with E-state index in [2.05, 4.69) is 15.2 Å². The molecule has 1 N–H and O–H groups in total. The Morgan fingerprint density at radius 1 is 1.29 bits per heavy atom. The average molecular weight is 313 g/mol. The summed E-state index contributed by atoms with van der Waals surface area (Å²) in [7, 11) is -3.00. The summed E-state index contributed by atoms with van der Waals surface area (Å²) in [5.41, 5.74) is 1.02. The molecule has 1 saturated heterocycles. The maximum absolute atomic E-state index is 11.6. The van der Waals surface area contributed by atoms with Crippen molar-refractivity contribution >= 4 is 15.5 Å². The number of pyridine rings is 1. The predicted octanol–water partition coefficient (Wildman–Crippen LogP) is 0.695. The molecule has 21 heavy (non-hydrogen) atoms. The van der Waals surface area contributed by atoms with E-state index >= 15 is 0 Å². The van der Waals surface area contributed by atoms with Gasteiger partial charge in [-0.1, -0.05) is 6.92 Å². The van der Waals surface area contributed by atoms with Crippen LogP contribution in [-0.2, 0) is 9.84 Å². The topological polar surface area (TPSA) is 71.5 Å². The van der Waals surface area contributed by atoms with Crippen LogP contribution >= 0.6 is 0 Å². The monoisotopic (exact) mass is 313 g/mol. The molecule has 0 bridgehead atoms. The van der Waals surface area contributed by atoms with Crippen LogP contribution in [0.2, 0.25) is 0 Å². The van der Waals surface area contributed by atoms with Gasteiger partial charge in [0.2, 0.25) is 0 Å². The van der Waals surface area contributed by atoms with E-state index in [4.69, 9.17) is 4.74 Å². The minimum absolute atomic E-state index is 0.0543. The molecule has 1 aromatic heterocycles. The van der Waals surface area contributed by atoms with Crippen LogP contribution < -0.4 is 15.0 Å². The van der Waals surface area contributed by atoms with Crippen LogP contribution in [0.3, 0.4) is 0 Å². The highest BCUT2D eigenvalue weighted by Crippen LogP contribution is 2.19. The lowest BCUT2D eigenvalue weighted by Crippen LogP contribution is -2.43. The molecule has 2 rings (SSSR count). The quantitative estimate of drug-likeness (QED) is 0.799. The number of nitrogens with zero attached hydrogens (tertiary/aromatic N) is 2. The van der Waals surface area contributed by atoms with Gasteiger partial charge in [-0.3, -0.25) is 4.98 Å². The van der Waals surface area contributed by atoms with Crippen LogP contribution in [0, 0.1) is 0 Å². The number of piperazine rings is 1. The van der Waals surface area contributed by atoms with Crippen molar-refractivity contribution in [1.82, 2.24) is 10.3 Å². The molecule has 0 radical (unpaired) electrons. The minimum atomic E-state index is -3.00. The van der Waals surface area contributed by atoms with Crippen LogP contribution in [0.1, 0.15) is 13.3 Å². The third-order valence-electron chi connectivity index (χ3n) is 3.36. The fourth-order valence-electron chi connectivity index (χ4n) is 2.28. The van der Waals surface area contributed by atoms with Gasteiger partial charge in [-0.05, 0) is 6.42 Å². The van der Waals surface area contributed by atoms with Crippen molar-refractivity contribution in [3.8, 4) is 5.75 Å². The zero-order valence-corrected chi connectivity index (χ0v) is 13.2. The van der Waals surface area contributed by atoms with Gasteiger partial charge in [-0.15, -0.1) is 0 Å². The van der Waals surface area contributed by atoms with Crippen molar-refractivity contribution in [2.45, 2.75) is 13.3 Å². The normalized spacial score (nSPS) is 16.0. The molecule has 1 aliphatic heterocycles. The van der Waals surface area contributed by atoms with E-state index in [-0.39, 0.29) is 18.1 Å². The van der Waals surface area contributed by atoms with Gasteiger partial charge < -0.3 is 15.0 Å². The van der Waals surface area contributed by atoms with E-state index in [9.17, 15) is 8.42 Å². The Hall–Kier alpha value is -1.34. The molecule has 0 spiro atoms. The molecule has 0 atom stereocenters. The lowest BCUT2D eigenvalue weighted by atomic mass is 10.3. The smallest absolute Gasteiger partial charge is 0.153 e. The standard InChI is InChI=1S/C14H23N3O3S/c1-2-8-21(18,19)9-7-20-14-10-13(11-16-12-14)17-5-3-15-4-6-17/h10-12,15H,2-9H2,1H3. The largest absolute Gasteiger partial charge is 0.491 e. The molecule has 1 aromatic rings. The maximum Gasteiger partial charge on any atom is 0.153 e. The molecule has 118 valence electrons. The van der Waals surface area contributed by atoms with Crippen molar-refractivity contribution in [1.29, 1.82) is 0 Å². The highest BCUT2D eigenvalue weighted by atomic mass is 32.2. The minimum Gasteiger partial charge on any atom is -0.491 e. The first-order valence-corrected chi connectivity index (χ1v) is 9.17. The summed E-state index contributed by atoms with van der Waals surface area (Å²) in [5.74, 6) is 0.895. The van der Waals surface area contributed by atoms with Gasteiger partial charge in [-0.25, -0.2) is 8.42 Å². The summed E-state index contributed by atoms with van der Waals surface area (Å²) in [4.78, 5) is 6.41. The van der Waals surface area contributed by atoms with E-state index in [0.717, 1.165) is 31.9 Å². The van der Waals surface area contributed by atoms with Gasteiger partial charge in [0, 0.05) is 32.2 Å². The van der Waals surface area contributed by atoms with E-state index < -0.39 is 9.84 Å². The predicted molar refractivity (Wildman–Crippen MR) is 83.8 cm³/mol. The molecule has 2 heterocycles. The fraction of sp³-hybridized carbons (Fsp3) is 0.643. The third-order valence-corrected chi connectivity index (χ3v) is 5.18. The van der Waals surface area contributed by atoms with Crippen molar-refractivity contribution in [2.24, 2.45) is 0 Å². The van der Waals surface area contributed by atoms with Crippen molar-refractivity contribution < 1.29 is 13.2 Å². The number of sulfone groups is 1. The van der Waals surface area contributed by atoms with Crippen molar-refractivity contribution in [3.63, 3.8) is 0 Å². The number of aromatic nitrogens is 1. The number of hydrogen-bond donors (Lipinski definition) is 1. The second kappa shape index (κ2) is 7.61. The van der Waals surface area contributed by atoms with Crippen molar-refractivity contribution in [3.05, 3.63) is 18.5 Å². The molecule has 1 aliphatic rings. The fourth-order valence-corrected chi connectivity index (χ4v) is 3.45. The molecule has 0 unspecified atom stereocenters. The van der Waals surface area contributed by atoms with Crippen LogP contribution in [0.15, 0.2) is 18.5 Å². The van der Waals surface area contributed by atoms with E-state index in [1.54, 1.807) is 6.20 Å². The Morgan fingerprint density at radius 3 is 2.76 bits per heavy atom. The summed E-state index contributed by atoms with van der Waals surface area (Å²) in [6.07, 6.45) is 4.08. The average Bonchev–Trinajstić information content (AvgIpc) is 2.48. The second-order valence-corrected chi connectivity index (χ2v) is 7.42. The van der Waals surface area contributed by atoms with E-state index in [1.165, 1.54) is 0 Å². The van der Waals surface area contributed by atoms with Crippen LogP contribution in [0.25, 0.3) is 0 Å². The SMILES string of the molecule is CCCS(=O)(=O)CCOc1cncc(N2CCNCC2)c1. The molecule has 1 fully saturated rings. The highest BCUT2D eigenvalue weighted by molar-refractivity contribution is 7.91. The van der Waals surface area contributed by atoms with Gasteiger partial charge in [-0.2, -0.15) is 0 Å². The maximum atomic E-state index is 11.6. The lowest BCUT2D eigenvalue weighted by molar-refractivity contribution is 0.339. The molecular weight excluding hydrogens is 290 g/mol. The molecule has 0 saturated carbocycles. The van der Waals surface area contributed by atoms with Gasteiger partial charge >= 0.3 is 0 Å². The number of ether oxygens (including phenoxy) is 1. The summed E-state index contributed by atoms with van der Waals surface area (Å²) in [6, 6.07) is 1.92. The summed E-state index contributed by atoms with van der Waals surface area (Å²) < 4.78 is 28.8. The van der Waals surface area contributed by atoms with Crippen LogP contribution in [0.5, 0.6) is 5.75 Å².